The van der Waals surface area contributed by atoms with Gasteiger partial charge in [0.05, 0.1) is 0 Å². The van der Waals surface area contributed by atoms with E-state index in [0.29, 0.717) is 25.2 Å². The molecular formula is C9H13N3O2S. The van der Waals surface area contributed by atoms with E-state index < -0.39 is 10.2 Å². The first-order valence-corrected chi connectivity index (χ1v) is 6.12. The predicted octanol–water partition coefficient (Wildman–Crippen LogP) is -0.170. The topological polar surface area (TPSA) is 89.4 Å². The number of hydrogen-bond acceptors (Lipinski definition) is 3. The first-order chi connectivity index (χ1) is 6.97. The zero-order valence-corrected chi connectivity index (χ0v) is 9.00. The summed E-state index contributed by atoms with van der Waals surface area (Å²) in [4.78, 5) is 0. The van der Waals surface area contributed by atoms with Crippen molar-refractivity contribution >= 4 is 15.9 Å². The maximum atomic E-state index is 11.2. The highest BCUT2D eigenvalue weighted by molar-refractivity contribution is 7.86. The van der Waals surface area contributed by atoms with Crippen LogP contribution in [0.15, 0.2) is 18.2 Å². The van der Waals surface area contributed by atoms with Gasteiger partial charge in [0.1, 0.15) is 0 Å². The van der Waals surface area contributed by atoms with Crippen LogP contribution in [0.3, 0.4) is 0 Å². The Morgan fingerprint density at radius 1 is 1.27 bits per heavy atom. The maximum absolute atomic E-state index is 11.2. The molecule has 5 nitrogen and oxygen atoms in total. The Morgan fingerprint density at radius 3 is 2.67 bits per heavy atom. The third kappa shape index (κ3) is 2.11. The van der Waals surface area contributed by atoms with E-state index in [-0.39, 0.29) is 0 Å². The number of hydrogen-bond donors (Lipinski definition) is 2. The molecule has 0 fully saturated rings. The standard InChI is InChI=1S/C9H13N3O2S/c10-9-2-1-7-3-4-12(15(11,13)14)6-8(7)5-9/h1-2,5H,3-4,6,10H2,(H2,11,13,14). The van der Waals surface area contributed by atoms with Crippen molar-refractivity contribution in [2.45, 2.75) is 13.0 Å². The number of nitrogen functional groups attached to an aromatic ring is 1. The van der Waals surface area contributed by atoms with Crippen molar-refractivity contribution in [3.05, 3.63) is 29.3 Å². The third-order valence-electron chi connectivity index (χ3n) is 2.57. The van der Waals surface area contributed by atoms with Crippen molar-refractivity contribution in [1.82, 2.24) is 4.31 Å². The fourth-order valence-corrected chi connectivity index (χ4v) is 2.43. The van der Waals surface area contributed by atoms with Gasteiger partial charge >= 0.3 is 0 Å². The second kappa shape index (κ2) is 3.48. The van der Waals surface area contributed by atoms with E-state index in [1.807, 2.05) is 12.1 Å². The van der Waals surface area contributed by atoms with Gasteiger partial charge in [0.2, 0.25) is 0 Å². The summed E-state index contributed by atoms with van der Waals surface area (Å²) in [6, 6.07) is 5.56. The zero-order valence-electron chi connectivity index (χ0n) is 8.18. The molecule has 0 radical (unpaired) electrons. The van der Waals surface area contributed by atoms with E-state index >= 15 is 0 Å². The minimum Gasteiger partial charge on any atom is -0.399 e. The van der Waals surface area contributed by atoms with Crippen molar-refractivity contribution in [2.24, 2.45) is 5.14 Å². The molecule has 4 N–H and O–H groups in total. The third-order valence-corrected chi connectivity index (χ3v) is 3.60. The zero-order chi connectivity index (χ0) is 11.1. The van der Waals surface area contributed by atoms with Gasteiger partial charge in [-0.15, -0.1) is 0 Å². The minimum atomic E-state index is -3.59. The second-order valence-corrected chi connectivity index (χ2v) is 5.20. The molecule has 1 aromatic rings. The van der Waals surface area contributed by atoms with Crippen LogP contribution in [0.1, 0.15) is 11.1 Å². The van der Waals surface area contributed by atoms with Crippen LogP contribution in [0.4, 0.5) is 5.69 Å². The molecule has 0 bridgehead atoms. The smallest absolute Gasteiger partial charge is 0.277 e. The quantitative estimate of drug-likeness (QED) is 0.653. The van der Waals surface area contributed by atoms with Crippen molar-refractivity contribution < 1.29 is 8.42 Å². The molecule has 1 aliphatic rings. The second-order valence-electron chi connectivity index (χ2n) is 3.66. The fraction of sp³-hybridized carbons (Fsp3) is 0.333. The average molecular weight is 227 g/mol. The molecule has 0 saturated carbocycles. The summed E-state index contributed by atoms with van der Waals surface area (Å²) < 4.78 is 23.6. The Bertz CT molecular complexity index is 484. The summed E-state index contributed by atoms with van der Waals surface area (Å²) in [5.74, 6) is 0. The molecule has 0 aliphatic carbocycles. The largest absolute Gasteiger partial charge is 0.399 e. The van der Waals surface area contributed by atoms with Crippen LogP contribution >= 0.6 is 0 Å². The van der Waals surface area contributed by atoms with E-state index in [1.54, 1.807) is 6.07 Å². The van der Waals surface area contributed by atoms with E-state index in [9.17, 15) is 8.42 Å². The van der Waals surface area contributed by atoms with Gasteiger partial charge in [-0.3, -0.25) is 0 Å². The van der Waals surface area contributed by atoms with Gasteiger partial charge in [-0.1, -0.05) is 6.07 Å². The van der Waals surface area contributed by atoms with Gasteiger partial charge in [0, 0.05) is 18.8 Å². The maximum Gasteiger partial charge on any atom is 0.277 e. The lowest BCUT2D eigenvalue weighted by Gasteiger charge is -2.26. The molecule has 6 heteroatoms. The molecule has 1 heterocycles. The Labute approximate surface area is 88.9 Å². The lowest BCUT2D eigenvalue weighted by molar-refractivity contribution is 0.392. The van der Waals surface area contributed by atoms with Gasteiger partial charge < -0.3 is 5.73 Å². The summed E-state index contributed by atoms with van der Waals surface area (Å²) in [6.45, 7) is 0.759. The fourth-order valence-electron chi connectivity index (χ4n) is 1.77. The van der Waals surface area contributed by atoms with Gasteiger partial charge in [0.25, 0.3) is 10.2 Å². The predicted molar refractivity (Wildman–Crippen MR) is 58.1 cm³/mol. The molecular weight excluding hydrogens is 214 g/mol. The average Bonchev–Trinajstić information content (AvgIpc) is 2.15. The number of anilines is 1. The molecule has 0 spiro atoms. The molecule has 0 atom stereocenters. The monoisotopic (exact) mass is 227 g/mol. The van der Waals surface area contributed by atoms with Crippen LogP contribution in [0.5, 0.6) is 0 Å². The lowest BCUT2D eigenvalue weighted by Crippen LogP contribution is -2.40. The summed E-state index contributed by atoms with van der Waals surface area (Å²) in [6.07, 6.45) is 0.687. The van der Waals surface area contributed by atoms with Crippen LogP contribution in [-0.4, -0.2) is 19.3 Å². The van der Waals surface area contributed by atoms with E-state index in [1.165, 1.54) is 4.31 Å². The molecule has 1 aromatic carbocycles. The summed E-state index contributed by atoms with van der Waals surface area (Å²) in [5, 5.41) is 5.07. The van der Waals surface area contributed by atoms with Crippen molar-refractivity contribution in [3.8, 4) is 0 Å². The molecule has 0 saturated heterocycles. The van der Waals surface area contributed by atoms with Crippen molar-refractivity contribution in [3.63, 3.8) is 0 Å². The first-order valence-electron chi connectivity index (χ1n) is 4.62. The molecule has 1 aliphatic heterocycles. The van der Waals surface area contributed by atoms with E-state index in [4.69, 9.17) is 10.9 Å². The minimum absolute atomic E-state index is 0.319. The van der Waals surface area contributed by atoms with E-state index in [0.717, 1.165) is 11.1 Å². The molecule has 0 amide bonds. The Morgan fingerprint density at radius 2 is 2.00 bits per heavy atom. The Hall–Kier alpha value is -1.11. The molecule has 0 unspecified atom stereocenters. The summed E-state index contributed by atoms with van der Waals surface area (Å²) in [7, 11) is -3.59. The Kier molecular flexibility index (Phi) is 2.41. The van der Waals surface area contributed by atoms with Gasteiger partial charge in [0.15, 0.2) is 0 Å². The molecule has 82 valence electrons. The summed E-state index contributed by atoms with van der Waals surface area (Å²) >= 11 is 0. The highest BCUT2D eigenvalue weighted by Crippen LogP contribution is 2.22. The number of nitrogens with zero attached hydrogens (tertiary/aromatic N) is 1. The number of rotatable bonds is 1. The van der Waals surface area contributed by atoms with Crippen LogP contribution in [0.2, 0.25) is 0 Å². The van der Waals surface area contributed by atoms with Crippen LogP contribution in [-0.2, 0) is 23.2 Å². The molecule has 15 heavy (non-hydrogen) atoms. The van der Waals surface area contributed by atoms with Gasteiger partial charge in [-0.25, -0.2) is 5.14 Å². The SMILES string of the molecule is Nc1ccc2c(c1)CN(S(N)(=O)=O)CC2. The van der Waals surface area contributed by atoms with Crippen molar-refractivity contribution in [1.29, 1.82) is 0 Å². The highest BCUT2D eigenvalue weighted by atomic mass is 32.2. The molecule has 2 rings (SSSR count). The van der Waals surface area contributed by atoms with Crippen LogP contribution in [0, 0.1) is 0 Å². The van der Waals surface area contributed by atoms with Crippen molar-refractivity contribution in [2.75, 3.05) is 12.3 Å². The van der Waals surface area contributed by atoms with Gasteiger partial charge in [-0.2, -0.15) is 12.7 Å². The Balaban J connectivity index is 2.34. The number of benzene rings is 1. The highest BCUT2D eigenvalue weighted by Gasteiger charge is 2.23. The molecule has 0 aromatic heterocycles. The normalized spacial score (nSPS) is 17.4. The van der Waals surface area contributed by atoms with Gasteiger partial charge in [-0.05, 0) is 29.7 Å². The number of nitrogens with two attached hydrogens (primary N) is 2. The van der Waals surface area contributed by atoms with Crippen LogP contribution in [0.25, 0.3) is 0 Å². The lowest BCUT2D eigenvalue weighted by atomic mass is 10.0. The van der Waals surface area contributed by atoms with E-state index in [2.05, 4.69) is 0 Å². The first kappa shape index (κ1) is 10.4. The summed E-state index contributed by atoms with van der Waals surface area (Å²) in [5.41, 5.74) is 8.36. The van der Waals surface area contributed by atoms with Crippen LogP contribution < -0.4 is 10.9 Å². The number of fused-ring (bicyclic) bond motifs is 1.